The van der Waals surface area contributed by atoms with Crippen LogP contribution in [0.2, 0.25) is 6.82 Å². The van der Waals surface area contributed by atoms with Crippen molar-refractivity contribution in [1.29, 1.82) is 0 Å². The van der Waals surface area contributed by atoms with Crippen LogP contribution in [0.15, 0.2) is 200 Å². The summed E-state index contributed by atoms with van der Waals surface area (Å²) in [4.78, 5) is 14.4. The van der Waals surface area contributed by atoms with Gasteiger partial charge >= 0.3 is 7.05 Å². The number of fused-ring (bicyclic) bond motifs is 3. The first-order valence-electron chi connectivity index (χ1n) is 23.2. The van der Waals surface area contributed by atoms with E-state index in [1.165, 1.54) is 28.8 Å². The third kappa shape index (κ3) is 11.7. The molecule has 0 aliphatic carbocycles. The molecule has 0 radical (unpaired) electrons. The second-order valence-electron chi connectivity index (χ2n) is 16.8. The number of nitrogens with zero attached hydrogens (tertiary/aromatic N) is 9. The molecular formula is C51H42BBr3N14O5S2. The number of benzene rings is 5. The molecule has 6 N–H and O–H groups in total. The van der Waals surface area contributed by atoms with Gasteiger partial charge < -0.3 is 20.9 Å². The minimum Gasteiger partial charge on any atom is -0.437 e. The van der Waals surface area contributed by atoms with Gasteiger partial charge in [0.15, 0.2) is 16.9 Å². The van der Waals surface area contributed by atoms with Crippen molar-refractivity contribution in [2.75, 3.05) is 28.4 Å². The number of hydrogen-bond donors (Lipinski definition) is 6. The van der Waals surface area contributed by atoms with Gasteiger partial charge in [-0.3, -0.25) is 4.72 Å². The van der Waals surface area contributed by atoms with Gasteiger partial charge in [-0.05, 0) is 103 Å². The number of sulfonamides is 2. The summed E-state index contributed by atoms with van der Waals surface area (Å²) in [6.07, 6.45) is 4.93. The van der Waals surface area contributed by atoms with Gasteiger partial charge in [-0.2, -0.15) is 28.8 Å². The summed E-state index contributed by atoms with van der Waals surface area (Å²) in [5.74, 6) is 1.61. The third-order valence-corrected chi connectivity index (χ3v) is 16.0. The third-order valence-electron chi connectivity index (χ3n) is 11.5. The lowest BCUT2D eigenvalue weighted by Crippen LogP contribution is -2.38. The predicted octanol–water partition coefficient (Wildman–Crippen LogP) is 10.1. The molecule has 19 nitrogen and oxygen atoms in total. The Hall–Kier alpha value is -7.36. The molecule has 0 bridgehead atoms. The summed E-state index contributed by atoms with van der Waals surface area (Å²) in [7, 11) is -8.33. The molecule has 25 heteroatoms. The van der Waals surface area contributed by atoms with E-state index in [2.05, 4.69) is 93.4 Å². The van der Waals surface area contributed by atoms with Gasteiger partial charge in [-0.25, -0.2) is 36.5 Å². The van der Waals surface area contributed by atoms with E-state index >= 15 is 0 Å². The molecule has 0 fully saturated rings. The number of hydrogen-bond acceptors (Lipinski definition) is 14. The van der Waals surface area contributed by atoms with Crippen molar-refractivity contribution in [3.63, 3.8) is 0 Å². The van der Waals surface area contributed by atoms with Crippen LogP contribution in [0.25, 0.3) is 50.7 Å². The average molecular weight is 1250 g/mol. The summed E-state index contributed by atoms with van der Waals surface area (Å²) < 4.78 is 64.2. The zero-order valence-electron chi connectivity index (χ0n) is 39.8. The molecule has 0 atom stereocenters. The Balaban J connectivity index is 0.000000179. The number of halogens is 3. The van der Waals surface area contributed by atoms with Crippen LogP contribution in [-0.4, -0.2) is 85.8 Å². The molecule has 0 saturated heterocycles. The van der Waals surface area contributed by atoms with E-state index < -0.39 is 27.1 Å². The Morgan fingerprint density at radius 3 is 1.22 bits per heavy atom. The zero-order valence-corrected chi connectivity index (χ0v) is 46.2. The van der Waals surface area contributed by atoms with Crippen LogP contribution >= 0.6 is 47.8 Å². The average Bonchev–Trinajstić information content (AvgIpc) is 4.14. The number of nitrogens with one attached hydrogen (secondary N) is 5. The fraction of sp³-hybridized carbons (Fsp3) is 0.0588. The Morgan fingerprint density at radius 2 is 0.842 bits per heavy atom. The summed E-state index contributed by atoms with van der Waals surface area (Å²) in [6, 6.07) is 47.5. The molecular weight excluding hydrogens is 1200 g/mol. The molecule has 0 aliphatic heterocycles. The summed E-state index contributed by atoms with van der Waals surface area (Å²) in [6.45, 7) is 2.05. The quantitative estimate of drug-likeness (QED) is 0.0390. The van der Waals surface area contributed by atoms with Gasteiger partial charge in [0.2, 0.25) is 10.0 Å². The molecule has 6 heterocycles. The molecule has 6 aromatic heterocycles. The highest BCUT2D eigenvalue weighted by Crippen LogP contribution is 2.32. The van der Waals surface area contributed by atoms with E-state index in [9.17, 15) is 21.9 Å². The van der Waals surface area contributed by atoms with Gasteiger partial charge in [0.1, 0.15) is 17.5 Å². The minimum absolute atomic E-state index is 0.0854. The van der Waals surface area contributed by atoms with Crippen LogP contribution in [0.1, 0.15) is 0 Å². The molecule has 0 aliphatic rings. The van der Waals surface area contributed by atoms with Gasteiger partial charge in [0.25, 0.3) is 10.0 Å². The maximum Gasteiger partial charge on any atom is 0.373 e. The monoisotopic (exact) mass is 1240 g/mol. The van der Waals surface area contributed by atoms with E-state index in [1.807, 2.05) is 103 Å². The smallest absolute Gasteiger partial charge is 0.373 e. The summed E-state index contributed by atoms with van der Waals surface area (Å²) in [5.41, 5.74) is 8.09. The second-order valence-corrected chi connectivity index (χ2v) is 22.8. The molecule has 0 saturated carbocycles. The second kappa shape index (κ2) is 22.5. The first-order valence-corrected chi connectivity index (χ1v) is 28.5. The predicted molar refractivity (Wildman–Crippen MR) is 306 cm³/mol. The molecule has 0 spiro atoms. The van der Waals surface area contributed by atoms with Crippen molar-refractivity contribution in [1.82, 2.24) is 53.7 Å². The highest BCUT2D eigenvalue weighted by atomic mass is 79.9. The topological polar surface area (TPSA) is 239 Å². The van der Waals surface area contributed by atoms with Crippen LogP contribution in [0.5, 0.6) is 0 Å². The van der Waals surface area contributed by atoms with Crippen LogP contribution in [-0.2, 0) is 20.0 Å². The fourth-order valence-corrected chi connectivity index (χ4v) is 10.9. The zero-order chi connectivity index (χ0) is 53.0. The van der Waals surface area contributed by atoms with E-state index in [-0.39, 0.29) is 22.2 Å². The van der Waals surface area contributed by atoms with Crippen molar-refractivity contribution in [3.05, 3.63) is 190 Å². The lowest BCUT2D eigenvalue weighted by atomic mass is 9.89. The molecule has 5 aromatic carbocycles. The van der Waals surface area contributed by atoms with Crippen molar-refractivity contribution < 1.29 is 21.9 Å². The van der Waals surface area contributed by atoms with E-state index in [0.717, 1.165) is 37.0 Å². The SMILES string of the molecule is CB(O)NCCNS(=O)(=O)c1ccc(Nc2cc(-c3ccccc3)nc3c(Br)cnn23)cc1.O=S(=O)(Nc1cc(-c2ccccc2)nc2c(Br)cnn12)c1ccc(Nc2cc(-c3ccccc3)nc3c(Br)cnn23)cc1. The fourth-order valence-electron chi connectivity index (χ4n) is 7.81. The molecule has 0 unspecified atom stereocenters. The minimum atomic E-state index is -3.97. The lowest BCUT2D eigenvalue weighted by Gasteiger charge is -2.13. The first kappa shape index (κ1) is 52.1. The van der Waals surface area contributed by atoms with E-state index in [0.29, 0.717) is 56.7 Å². The number of aromatic nitrogens is 9. The largest absolute Gasteiger partial charge is 0.437 e. The highest BCUT2D eigenvalue weighted by molar-refractivity contribution is 9.11. The molecule has 11 aromatic rings. The normalized spacial score (nSPS) is 11.6. The Labute approximate surface area is 461 Å². The van der Waals surface area contributed by atoms with Crippen LogP contribution < -0.4 is 25.3 Å². The van der Waals surface area contributed by atoms with Crippen LogP contribution in [0.3, 0.4) is 0 Å². The maximum atomic E-state index is 13.5. The van der Waals surface area contributed by atoms with Crippen LogP contribution in [0.4, 0.5) is 28.8 Å². The Bertz CT molecular complexity index is 4090. The highest BCUT2D eigenvalue weighted by Gasteiger charge is 2.21. The molecule has 76 heavy (non-hydrogen) atoms. The standard InChI is InChI=1S/C30H20Br2N8O2S.C21H22BBrN6O3S/c31-23-17-33-39-27(15-25(36-29(23)39)19-7-3-1-4-8-19)35-21-11-13-22(14-12-21)43(41,42)38-28-16-26(20-9-5-2-6-10-20)37-30-24(32)18-34-40(28)30;1-22(30)24-11-12-26-33(31,32)17-9-7-16(8-10-17)27-20-13-19(15-5-3-2-4-6-15)28-21-18(23)14-25-29(20)21/h1-18,35,38H;2-10,13-14,24,26-27,30H,11-12H2,1H3. The molecule has 382 valence electrons. The van der Waals surface area contributed by atoms with Gasteiger partial charge in [0, 0.05) is 59.4 Å². The van der Waals surface area contributed by atoms with E-state index in [4.69, 9.17) is 9.97 Å². The number of rotatable bonds is 16. The summed E-state index contributed by atoms with van der Waals surface area (Å²) in [5, 5.41) is 31.7. The Morgan fingerprint density at radius 1 is 0.487 bits per heavy atom. The Kier molecular flexibility index (Phi) is 15.4. The van der Waals surface area contributed by atoms with Gasteiger partial charge in [-0.1, -0.05) is 91.0 Å². The van der Waals surface area contributed by atoms with Crippen molar-refractivity contribution >= 4 is 121 Å². The first-order chi connectivity index (χ1) is 36.7. The molecule has 11 rings (SSSR count). The summed E-state index contributed by atoms with van der Waals surface area (Å²) >= 11 is 10.5. The van der Waals surface area contributed by atoms with Crippen molar-refractivity contribution in [2.24, 2.45) is 0 Å². The lowest BCUT2D eigenvalue weighted by molar-refractivity contribution is 0.550. The van der Waals surface area contributed by atoms with Crippen molar-refractivity contribution in [2.45, 2.75) is 16.6 Å². The maximum absolute atomic E-state index is 13.5. The van der Waals surface area contributed by atoms with E-state index in [1.54, 1.807) is 64.8 Å². The number of anilines is 5. The van der Waals surface area contributed by atoms with Crippen molar-refractivity contribution in [3.8, 4) is 33.8 Å². The van der Waals surface area contributed by atoms with Gasteiger partial charge in [0.05, 0.1) is 58.9 Å². The molecule has 0 amide bonds. The van der Waals surface area contributed by atoms with Gasteiger partial charge in [-0.15, -0.1) is 0 Å². The van der Waals surface area contributed by atoms with Crippen LogP contribution in [0, 0.1) is 0 Å².